The number of phosphoric acid groups is 3. The average Bonchev–Trinajstić information content (AvgIpc) is 3.74. The van der Waals surface area contributed by atoms with Gasteiger partial charge in [0.15, 0.2) is 5.78 Å². The first kappa shape index (κ1) is 62.6. The van der Waals surface area contributed by atoms with Crippen molar-refractivity contribution < 1.29 is 89.3 Å². The predicted octanol–water partition coefficient (Wildman–Crippen LogP) is 4.80. The molecule has 0 bridgehead atoms. The molecule has 0 spiro atoms. The van der Waals surface area contributed by atoms with Crippen LogP contribution in [-0.4, -0.2) is 124 Å². The van der Waals surface area contributed by atoms with E-state index in [0.29, 0.717) is 31.6 Å². The highest BCUT2D eigenvalue weighted by Crippen LogP contribution is 2.66. The van der Waals surface area contributed by atoms with Gasteiger partial charge < -0.3 is 60.0 Å². The number of nitrogens with two attached hydrogens (primary N) is 2. The van der Waals surface area contributed by atoms with Crippen LogP contribution >= 0.6 is 45.1 Å². The minimum Gasteiger partial charge on any atom is -0.462 e. The van der Waals surface area contributed by atoms with Crippen LogP contribution in [0.1, 0.15) is 105 Å². The van der Waals surface area contributed by atoms with Gasteiger partial charge in [-0.1, -0.05) is 75.8 Å². The lowest BCUT2D eigenvalue weighted by Gasteiger charge is -2.21. The van der Waals surface area contributed by atoms with Crippen molar-refractivity contribution in [1.29, 1.82) is 0 Å². The van der Waals surface area contributed by atoms with Crippen LogP contribution < -0.4 is 22.5 Å². The number of rotatable bonds is 30. The van der Waals surface area contributed by atoms with Crippen LogP contribution in [0.15, 0.2) is 58.6 Å². The molecule has 1 aliphatic heterocycles. The fourth-order valence-corrected chi connectivity index (χ4v) is 11.6. The van der Waals surface area contributed by atoms with Crippen molar-refractivity contribution in [1.82, 2.24) is 14.9 Å². The molecule has 28 nitrogen and oxygen atoms in total. The highest BCUT2D eigenvalue weighted by Gasteiger charge is 2.45. The number of azide groups is 1. The zero-order chi connectivity index (χ0) is 55.3. The Hall–Kier alpha value is -4.98. The lowest BCUT2D eigenvalue weighted by Crippen LogP contribution is -2.31. The monoisotopic (exact) mass is 1150 g/mol. The van der Waals surface area contributed by atoms with Crippen LogP contribution in [0.3, 0.4) is 0 Å². The number of unbranched alkanes of at least 4 members (excludes halogenated alkanes) is 1. The number of ketones is 1. The van der Waals surface area contributed by atoms with E-state index in [9.17, 15) is 47.5 Å². The van der Waals surface area contributed by atoms with Gasteiger partial charge in [0.05, 0.1) is 62.3 Å². The number of esters is 2. The maximum absolute atomic E-state index is 13.6. The number of ether oxygens (including phenoxy) is 5. The number of carbonyl (C=O) groups excluding carboxylic acids is 4. The average molecular weight is 1150 g/mol. The molecule has 0 radical (unpaired) electrons. The summed E-state index contributed by atoms with van der Waals surface area (Å²) in [6, 6.07) is 9.89. The third kappa shape index (κ3) is 20.8. The van der Waals surface area contributed by atoms with Gasteiger partial charge in [0, 0.05) is 41.3 Å². The van der Waals surface area contributed by atoms with E-state index in [1.807, 2.05) is 13.2 Å². The molecule has 0 saturated carbocycles. The number of nitrogens with one attached hydrogen (secondary N) is 1. The molecule has 7 atom stereocenters. The Morgan fingerprint density at radius 3 is 2.43 bits per heavy atom. The number of hydrogen-bond donors (Lipinski definition) is 7. The van der Waals surface area contributed by atoms with E-state index in [0.717, 1.165) is 10.8 Å². The third-order valence-electron chi connectivity index (χ3n) is 10.2. The number of amides is 1. The number of Topliss-reactive ketones (excluding diaryl/α,β-unsaturated/α-hetero) is 1. The Morgan fingerprint density at radius 1 is 0.987 bits per heavy atom. The Labute approximate surface area is 436 Å². The fraction of sp³-hybridized carbons (Fsp3) is 0.476. The second-order valence-corrected chi connectivity index (χ2v) is 22.9. The molecule has 410 valence electrons. The number of benzene rings is 2. The van der Waals surface area contributed by atoms with Crippen LogP contribution in [0.2, 0.25) is 0 Å². The largest absolute Gasteiger partial charge is 0.490 e. The molecule has 1 aromatic heterocycles. The summed E-state index contributed by atoms with van der Waals surface area (Å²) in [5.41, 5.74) is 20.7. The minimum atomic E-state index is -5.92. The second kappa shape index (κ2) is 30.1. The number of anilines is 1. The summed E-state index contributed by atoms with van der Waals surface area (Å²) in [5.74, 6) is 2.69. The van der Waals surface area contributed by atoms with Crippen LogP contribution in [-0.2, 0) is 55.3 Å². The van der Waals surface area contributed by atoms with Crippen molar-refractivity contribution in [3.8, 4) is 11.8 Å². The van der Waals surface area contributed by atoms with E-state index < -0.39 is 78.1 Å². The quantitative estimate of drug-likeness (QED) is 0.00542. The number of nitrogen functional groups attached to an aromatic ring is 1. The van der Waals surface area contributed by atoms with Crippen LogP contribution in [0.4, 0.5) is 5.82 Å². The second-order valence-electron chi connectivity index (χ2n) is 15.6. The van der Waals surface area contributed by atoms with Crippen LogP contribution in [0, 0.1) is 11.8 Å². The van der Waals surface area contributed by atoms with Crippen LogP contribution in [0.5, 0.6) is 0 Å². The van der Waals surface area contributed by atoms with E-state index >= 15 is 0 Å². The van der Waals surface area contributed by atoms with Gasteiger partial charge in [-0.3, -0.25) is 18.7 Å². The van der Waals surface area contributed by atoms with Gasteiger partial charge >= 0.3 is 41.1 Å². The summed E-state index contributed by atoms with van der Waals surface area (Å²) < 4.78 is 76.6. The van der Waals surface area contributed by atoms with Gasteiger partial charge in [0.2, 0.25) is 5.91 Å². The Bertz CT molecular complexity index is 2820. The molecule has 1 amide bonds. The van der Waals surface area contributed by atoms with E-state index in [-0.39, 0.29) is 90.5 Å². The third-order valence-corrected chi connectivity index (χ3v) is 16.2. The van der Waals surface area contributed by atoms with Gasteiger partial charge in [0.1, 0.15) is 30.9 Å². The zero-order valence-electron chi connectivity index (χ0n) is 40.4. The van der Waals surface area contributed by atoms with Crippen molar-refractivity contribution in [2.75, 3.05) is 64.7 Å². The molecule has 4 rings (SSSR count). The molecule has 9 N–H and O–H groups in total. The highest BCUT2D eigenvalue weighted by molar-refractivity contribution is 8.76. The molecule has 1 aliphatic rings. The molecule has 5 unspecified atom stereocenters. The topological polar surface area (TPSA) is 422 Å². The van der Waals surface area contributed by atoms with Gasteiger partial charge in [-0.25, -0.2) is 28.1 Å². The first-order chi connectivity index (χ1) is 35.5. The molecule has 75 heavy (non-hydrogen) atoms. The maximum Gasteiger partial charge on any atom is 0.490 e. The van der Waals surface area contributed by atoms with Crippen molar-refractivity contribution in [3.05, 3.63) is 103 Å². The van der Waals surface area contributed by atoms with Crippen LogP contribution in [0.25, 0.3) is 10.4 Å². The predicted molar refractivity (Wildman–Crippen MR) is 269 cm³/mol. The molecule has 2 heterocycles. The van der Waals surface area contributed by atoms with Gasteiger partial charge in [-0.05, 0) is 54.8 Å². The summed E-state index contributed by atoms with van der Waals surface area (Å²) >= 11 is 0. The summed E-state index contributed by atoms with van der Waals surface area (Å²) in [4.78, 5) is 110. The zero-order valence-corrected chi connectivity index (χ0v) is 44.7. The van der Waals surface area contributed by atoms with E-state index in [1.54, 1.807) is 18.2 Å². The lowest BCUT2D eigenvalue weighted by molar-refractivity contribution is -0.121. The maximum atomic E-state index is 13.6. The number of nitrogens with zero attached hydrogens (tertiary/aromatic N) is 5. The molecular formula is C42H55N8O20P3S2. The fourth-order valence-electron chi connectivity index (χ4n) is 6.80. The molecule has 2 aromatic carbocycles. The number of phosphoric ester groups is 1. The first-order valence-corrected chi connectivity index (χ1v) is 29.4. The lowest BCUT2D eigenvalue weighted by atomic mass is 10.00. The first-order valence-electron chi connectivity index (χ1n) is 22.3. The summed E-state index contributed by atoms with van der Waals surface area (Å²) in [6.07, 6.45) is -1.06. The smallest absolute Gasteiger partial charge is 0.462 e. The van der Waals surface area contributed by atoms with Crippen molar-refractivity contribution in [2.45, 2.75) is 69.3 Å². The van der Waals surface area contributed by atoms with Crippen molar-refractivity contribution >= 4 is 74.5 Å². The summed E-state index contributed by atoms with van der Waals surface area (Å²) in [5, 5.41) is 6.11. The summed E-state index contributed by atoms with van der Waals surface area (Å²) in [6.45, 7) is 3.13. The molecule has 33 heteroatoms. The molecular weight excluding hydrogens is 1090 g/mol. The molecule has 1 saturated heterocycles. The number of aromatic nitrogens is 2. The van der Waals surface area contributed by atoms with E-state index in [1.165, 1.54) is 52.8 Å². The summed E-state index contributed by atoms with van der Waals surface area (Å²) in [7, 11) is -14.3. The SMILES string of the molecule is CSSC(C)c1ccc(C(=O)COCCOCCN)cc1C(=O)OCCCCC(=O)NCC#Cc1cn([C@H]2CC(OC(=O)c3ccccc3C(C)N=[N+]=[N-])[C@@H](COP(=O)(O)OP(=O)(O)OP(=O)(O)O)O2)c(=O)nc1N. The van der Waals surface area contributed by atoms with E-state index in [4.69, 9.17) is 55.0 Å². The minimum absolute atomic E-state index is 0.0178. The Kier molecular flexibility index (Phi) is 25.1. The van der Waals surface area contributed by atoms with Gasteiger partial charge in [-0.15, -0.1) is 0 Å². The molecule has 3 aromatic rings. The molecule has 0 aliphatic carbocycles. The number of hydrogen-bond acceptors (Lipinski definition) is 22. The number of carbonyl (C=O) groups is 4. The Morgan fingerprint density at radius 2 is 1.72 bits per heavy atom. The van der Waals surface area contributed by atoms with E-state index in [2.05, 4.69) is 40.8 Å². The van der Waals surface area contributed by atoms with Crippen molar-refractivity contribution in [2.24, 2.45) is 10.8 Å². The normalized spacial score (nSPS) is 17.7. The Balaban J connectivity index is 1.38. The standard InChI is InChI=1S/C42H55N8O20P3S2/c1-26(48-49-45)30-10-4-5-11-32(30)41(54)68-35-22-38(67-36(35)25-66-72(59,60)70-73(61,62)69-71(56,57)58)50-23-29(39(44)47-42(50)55)9-8-16-46-37(52)12-6-7-17-65-40(53)33-21-28(13-14-31(33)27(2)75-74-3)34(51)24-64-20-19-63-18-15-43/h4-5,10-11,13-14,21,23,26-27,35-36,38H,6-7,12,15-20,22,24-25,43H2,1-3H3,(H,46,52)(H,59,60)(H,61,62)(H2,44,47,55)(H2,56,57,58)/t26?,27?,35?,36-,38-/m1/s1. The van der Waals surface area contributed by atoms with Gasteiger partial charge in [-0.2, -0.15) is 13.6 Å². The molecule has 1 fully saturated rings. The highest BCUT2D eigenvalue weighted by atomic mass is 33.1. The van der Waals surface area contributed by atoms with Gasteiger partial charge in [0.25, 0.3) is 0 Å². The van der Waals surface area contributed by atoms with Crippen molar-refractivity contribution in [3.63, 3.8) is 0 Å².